The van der Waals surface area contributed by atoms with E-state index >= 15 is 0 Å². The fourth-order valence-electron chi connectivity index (χ4n) is 2.40. The third-order valence-corrected chi connectivity index (χ3v) is 3.96. The molecule has 1 atom stereocenters. The number of rotatable bonds is 6. The van der Waals surface area contributed by atoms with E-state index in [9.17, 15) is 4.79 Å². The first kappa shape index (κ1) is 18.9. The van der Waals surface area contributed by atoms with Crippen molar-refractivity contribution in [3.63, 3.8) is 0 Å². The smallest absolute Gasteiger partial charge is 0.224 e. The monoisotopic (exact) mass is 358 g/mol. The number of allylic oxidation sites excluding steroid dienone is 1. The van der Waals surface area contributed by atoms with Gasteiger partial charge in [-0.05, 0) is 37.5 Å². The maximum absolute atomic E-state index is 11.5. The molecule has 6 heteroatoms. The van der Waals surface area contributed by atoms with Crippen molar-refractivity contribution in [3.05, 3.63) is 52.2 Å². The van der Waals surface area contributed by atoms with Crippen LogP contribution in [-0.4, -0.2) is 22.4 Å². The van der Waals surface area contributed by atoms with Gasteiger partial charge in [0.05, 0.1) is 5.69 Å². The van der Waals surface area contributed by atoms with E-state index in [4.69, 9.17) is 11.6 Å². The van der Waals surface area contributed by atoms with E-state index in [1.54, 1.807) is 0 Å². The topological polar surface area (TPSA) is 66.9 Å². The molecule has 1 aromatic carbocycles. The van der Waals surface area contributed by atoms with Gasteiger partial charge in [0.2, 0.25) is 11.9 Å². The molecule has 2 N–H and O–H groups in total. The standard InChI is InChI=1S/C19H23ClN4O/c1-5-21-19-22-13(3)17(18(24-19)23-14(4)25)11-6-12(2)15-7-9-16(20)10-8-15/h6-12H,5H2,1-4H3,(H2,21,22,23,24,25)/b11-6+. The van der Waals surface area contributed by atoms with Crippen LogP contribution in [0.1, 0.15) is 43.5 Å². The summed E-state index contributed by atoms with van der Waals surface area (Å²) in [6, 6.07) is 7.76. The Labute approximate surface area is 153 Å². The molecule has 2 rings (SSSR count). The van der Waals surface area contributed by atoms with Crippen LogP contribution in [0.2, 0.25) is 5.02 Å². The molecule has 1 aromatic heterocycles. The van der Waals surface area contributed by atoms with Gasteiger partial charge in [0, 0.05) is 24.1 Å². The highest BCUT2D eigenvalue weighted by Gasteiger charge is 2.11. The lowest BCUT2D eigenvalue weighted by atomic mass is 10.00. The van der Waals surface area contributed by atoms with E-state index in [0.717, 1.165) is 21.8 Å². The first-order valence-corrected chi connectivity index (χ1v) is 8.62. The Morgan fingerprint density at radius 3 is 2.56 bits per heavy atom. The summed E-state index contributed by atoms with van der Waals surface area (Å²) in [5, 5.41) is 6.58. The fourth-order valence-corrected chi connectivity index (χ4v) is 2.52. The molecule has 132 valence electrons. The van der Waals surface area contributed by atoms with Crippen LogP contribution in [0.3, 0.4) is 0 Å². The number of carbonyl (C=O) groups is 1. The predicted octanol–water partition coefficient (Wildman–Crippen LogP) is 4.65. The van der Waals surface area contributed by atoms with Crippen molar-refractivity contribution in [2.24, 2.45) is 0 Å². The quantitative estimate of drug-likeness (QED) is 0.789. The summed E-state index contributed by atoms with van der Waals surface area (Å²) in [4.78, 5) is 20.4. The Morgan fingerprint density at radius 1 is 1.28 bits per heavy atom. The molecule has 5 nitrogen and oxygen atoms in total. The van der Waals surface area contributed by atoms with Crippen molar-refractivity contribution >= 4 is 35.4 Å². The van der Waals surface area contributed by atoms with Crippen molar-refractivity contribution in [1.29, 1.82) is 0 Å². The third kappa shape index (κ3) is 5.29. The highest BCUT2D eigenvalue weighted by molar-refractivity contribution is 6.30. The zero-order valence-electron chi connectivity index (χ0n) is 14.9. The van der Waals surface area contributed by atoms with Gasteiger partial charge in [-0.3, -0.25) is 4.79 Å². The number of aromatic nitrogens is 2. The highest BCUT2D eigenvalue weighted by atomic mass is 35.5. The number of amides is 1. The van der Waals surface area contributed by atoms with E-state index in [1.807, 2.05) is 44.2 Å². The van der Waals surface area contributed by atoms with Gasteiger partial charge in [-0.15, -0.1) is 0 Å². The zero-order valence-corrected chi connectivity index (χ0v) is 15.7. The molecule has 0 saturated carbocycles. The molecule has 25 heavy (non-hydrogen) atoms. The maximum Gasteiger partial charge on any atom is 0.224 e. The second kappa shape index (κ2) is 8.62. The summed E-state index contributed by atoms with van der Waals surface area (Å²) in [6.07, 6.45) is 4.02. The van der Waals surface area contributed by atoms with Gasteiger partial charge < -0.3 is 10.6 Å². The van der Waals surface area contributed by atoms with Crippen LogP contribution in [0.4, 0.5) is 11.8 Å². The van der Waals surface area contributed by atoms with Crippen LogP contribution in [0.5, 0.6) is 0 Å². The number of hydrogen-bond acceptors (Lipinski definition) is 4. The van der Waals surface area contributed by atoms with E-state index < -0.39 is 0 Å². The lowest BCUT2D eigenvalue weighted by Crippen LogP contribution is -2.13. The number of nitrogens with zero attached hydrogens (tertiary/aromatic N) is 2. The molecule has 0 aliphatic carbocycles. The Hall–Kier alpha value is -2.40. The molecular formula is C19H23ClN4O. The zero-order chi connectivity index (χ0) is 18.4. The molecule has 1 unspecified atom stereocenters. The Balaban J connectivity index is 2.32. The largest absolute Gasteiger partial charge is 0.354 e. The maximum atomic E-state index is 11.5. The van der Waals surface area contributed by atoms with Gasteiger partial charge in [-0.2, -0.15) is 4.98 Å². The average Bonchev–Trinajstić information content (AvgIpc) is 2.54. The summed E-state index contributed by atoms with van der Waals surface area (Å²) in [7, 11) is 0. The SMILES string of the molecule is CCNc1nc(C)c(/C=C/C(C)c2ccc(Cl)cc2)c(NC(C)=O)n1. The minimum Gasteiger partial charge on any atom is -0.354 e. The summed E-state index contributed by atoms with van der Waals surface area (Å²) in [5.41, 5.74) is 2.76. The van der Waals surface area contributed by atoms with Gasteiger partial charge in [0.1, 0.15) is 5.82 Å². The van der Waals surface area contributed by atoms with Gasteiger partial charge in [-0.1, -0.05) is 42.8 Å². The van der Waals surface area contributed by atoms with Crippen LogP contribution in [0.15, 0.2) is 30.3 Å². The average molecular weight is 359 g/mol. The second-order valence-corrected chi connectivity index (χ2v) is 6.24. The van der Waals surface area contributed by atoms with Gasteiger partial charge in [0.25, 0.3) is 0 Å². The molecule has 0 aliphatic rings. The molecule has 0 radical (unpaired) electrons. The number of anilines is 2. The van der Waals surface area contributed by atoms with Gasteiger partial charge >= 0.3 is 0 Å². The fraction of sp³-hybridized carbons (Fsp3) is 0.316. The first-order chi connectivity index (χ1) is 11.9. The normalized spacial score (nSPS) is 12.2. The lowest BCUT2D eigenvalue weighted by molar-refractivity contribution is -0.114. The van der Waals surface area contributed by atoms with E-state index in [0.29, 0.717) is 18.3 Å². The highest BCUT2D eigenvalue weighted by Crippen LogP contribution is 2.24. The summed E-state index contributed by atoms with van der Waals surface area (Å²) < 4.78 is 0. The van der Waals surface area contributed by atoms with Crippen LogP contribution >= 0.6 is 11.6 Å². The molecule has 0 saturated heterocycles. The lowest BCUT2D eigenvalue weighted by Gasteiger charge is -2.12. The second-order valence-electron chi connectivity index (χ2n) is 5.81. The van der Waals surface area contributed by atoms with E-state index in [-0.39, 0.29) is 11.8 Å². The van der Waals surface area contributed by atoms with Crippen LogP contribution in [0.25, 0.3) is 6.08 Å². The number of nitrogens with one attached hydrogen (secondary N) is 2. The molecular weight excluding hydrogens is 336 g/mol. The molecule has 1 amide bonds. The number of benzene rings is 1. The molecule has 1 heterocycles. The Bertz CT molecular complexity index is 772. The Morgan fingerprint density at radius 2 is 1.96 bits per heavy atom. The molecule has 0 aliphatic heterocycles. The summed E-state index contributed by atoms with van der Waals surface area (Å²) >= 11 is 5.94. The summed E-state index contributed by atoms with van der Waals surface area (Å²) in [5.74, 6) is 1.04. The minimum atomic E-state index is -0.166. The number of aryl methyl sites for hydroxylation is 1. The van der Waals surface area contributed by atoms with Crippen molar-refractivity contribution in [2.75, 3.05) is 17.2 Å². The van der Waals surface area contributed by atoms with Crippen LogP contribution in [0, 0.1) is 6.92 Å². The number of hydrogen-bond donors (Lipinski definition) is 2. The van der Waals surface area contributed by atoms with Gasteiger partial charge in [-0.25, -0.2) is 4.98 Å². The number of halogens is 1. The number of carbonyl (C=O) groups excluding carboxylic acids is 1. The third-order valence-electron chi connectivity index (χ3n) is 3.71. The van der Waals surface area contributed by atoms with Gasteiger partial charge in [0.15, 0.2) is 0 Å². The molecule has 0 spiro atoms. The van der Waals surface area contributed by atoms with Crippen molar-refractivity contribution in [2.45, 2.75) is 33.6 Å². The van der Waals surface area contributed by atoms with Crippen molar-refractivity contribution in [3.8, 4) is 0 Å². The molecule has 0 fully saturated rings. The first-order valence-electron chi connectivity index (χ1n) is 8.24. The van der Waals surface area contributed by atoms with Crippen LogP contribution in [-0.2, 0) is 4.79 Å². The van der Waals surface area contributed by atoms with Crippen LogP contribution < -0.4 is 10.6 Å². The van der Waals surface area contributed by atoms with E-state index in [1.165, 1.54) is 6.92 Å². The predicted molar refractivity (Wildman–Crippen MR) is 104 cm³/mol. The van der Waals surface area contributed by atoms with Crippen molar-refractivity contribution in [1.82, 2.24) is 9.97 Å². The minimum absolute atomic E-state index is 0.166. The Kier molecular flexibility index (Phi) is 6.53. The molecule has 0 bridgehead atoms. The van der Waals surface area contributed by atoms with Crippen molar-refractivity contribution < 1.29 is 4.79 Å². The van der Waals surface area contributed by atoms with E-state index in [2.05, 4.69) is 33.6 Å². The molecule has 2 aromatic rings. The summed E-state index contributed by atoms with van der Waals surface area (Å²) in [6.45, 7) is 8.15.